The number of benzene rings is 20. The number of hydrogen-bond donors (Lipinski definition) is 1. The van der Waals surface area contributed by atoms with E-state index >= 15 is 0 Å². The predicted octanol–water partition coefficient (Wildman–Crippen LogP) is 28.2. The van der Waals surface area contributed by atoms with Crippen molar-refractivity contribution in [3.63, 3.8) is 0 Å². The Morgan fingerprint density at radius 1 is 0.220 bits per heavy atom. The van der Waals surface area contributed by atoms with Crippen LogP contribution in [0, 0.1) is 0 Å². The van der Waals surface area contributed by atoms with Gasteiger partial charge in [-0.15, -0.1) is 0 Å². The van der Waals surface area contributed by atoms with E-state index in [1.54, 1.807) is 0 Å². The fraction of sp³-hybridized carbons (Fsp3) is 0.0796. The lowest BCUT2D eigenvalue weighted by molar-refractivity contribution is -0.977. The molecular weight excluding hydrogens is 1620 g/mol. The van der Waals surface area contributed by atoms with Gasteiger partial charge in [0.05, 0.1) is 0 Å². The smallest absolute Gasteiger partial charge is 0.106 e. The van der Waals surface area contributed by atoms with Gasteiger partial charge in [-0.2, -0.15) is 0 Å². The molecule has 3 heterocycles. The van der Waals surface area contributed by atoms with Crippen molar-refractivity contribution >= 4 is 118 Å². The van der Waals surface area contributed by atoms with Gasteiger partial charge in [-0.05, 0) is 211 Å². The first-order valence-electron chi connectivity index (χ1n) is 40.5. The maximum Gasteiger partial charge on any atom is 0.106 e. The highest BCUT2D eigenvalue weighted by Crippen LogP contribution is 2.55. The second-order valence-corrected chi connectivity index (χ2v) is 32.7. The van der Waals surface area contributed by atoms with E-state index in [9.17, 15) is 0 Å². The van der Waals surface area contributed by atoms with E-state index in [0.29, 0.717) is 0 Å². The predicted molar refractivity (Wildman–Crippen MR) is 507 cm³/mol. The topological polar surface area (TPSA) is 12.0 Å². The highest BCUT2D eigenvalue weighted by Gasteiger charge is 2.42. The van der Waals surface area contributed by atoms with E-state index in [1.165, 1.54) is 220 Å². The van der Waals surface area contributed by atoms with E-state index in [1.807, 2.05) is 0 Å². The van der Waals surface area contributed by atoms with Crippen LogP contribution in [0.5, 0.6) is 0 Å². The summed E-state index contributed by atoms with van der Waals surface area (Å²) in [7, 11) is 0. The molecule has 0 saturated heterocycles. The quantitative estimate of drug-likeness (QED) is 0.124. The summed E-state index contributed by atoms with van der Waals surface area (Å²) < 4.78 is 0.882. The molecule has 3 aliphatic heterocycles. The first-order valence-corrected chi connectivity index (χ1v) is 42.8. The molecule has 23 rings (SSSR count). The summed E-state index contributed by atoms with van der Waals surface area (Å²) in [6.45, 7) is 5.49. The lowest BCUT2D eigenvalue weighted by atomic mass is 9.82. The number of nitrogens with one attached hydrogen (secondary N) is 1. The lowest BCUT2D eigenvalue weighted by Crippen LogP contribution is -3.00. The molecule has 1 N–H and O–H groups in total. The molecule has 20 aromatic carbocycles. The summed E-state index contributed by atoms with van der Waals surface area (Å²) in [5.74, 6) is 0. The summed E-state index contributed by atoms with van der Waals surface area (Å²) in [6, 6.07) is 144. The number of quaternary nitrogens is 1. The molecule has 118 heavy (non-hydrogen) atoms. The molecule has 0 bridgehead atoms. The molecule has 0 fully saturated rings. The lowest BCUT2D eigenvalue weighted by Gasteiger charge is -2.39. The molecule has 568 valence electrons. The van der Waals surface area contributed by atoms with Gasteiger partial charge in [0.25, 0.3) is 0 Å². The average Bonchev–Trinajstić information content (AvgIpc) is 1.54. The van der Waals surface area contributed by atoms with Gasteiger partial charge in [-0.25, -0.2) is 0 Å². The van der Waals surface area contributed by atoms with Crippen molar-refractivity contribution in [3.05, 3.63) is 433 Å². The van der Waals surface area contributed by atoms with Crippen molar-refractivity contribution in [1.82, 2.24) is 5.32 Å². The van der Waals surface area contributed by atoms with Gasteiger partial charge in [0.2, 0.25) is 0 Å². The third kappa shape index (κ3) is 13.4. The Hall–Kier alpha value is -12.2. The Bertz CT molecular complexity index is 6830. The molecule has 2 nitrogen and oxygen atoms in total. The Morgan fingerprint density at radius 3 is 0.746 bits per heavy atom. The first-order chi connectivity index (χ1) is 57.4. The fourth-order valence-corrected chi connectivity index (χ4v) is 21.0. The van der Waals surface area contributed by atoms with E-state index in [0.717, 1.165) is 54.4 Å². The number of nitrogens with zero attached hydrogens (tertiary/aromatic N) is 1. The summed E-state index contributed by atoms with van der Waals surface area (Å²) >= 11 is 7.80. The molecule has 0 atom stereocenters. The maximum atomic E-state index is 3.90. The number of hydrogen-bond acceptors (Lipinski definition) is 1. The normalized spacial score (nSPS) is 12.9. The second-order valence-electron chi connectivity index (χ2n) is 31.6. The van der Waals surface area contributed by atoms with Gasteiger partial charge in [-0.3, -0.25) is 0 Å². The van der Waals surface area contributed by atoms with Crippen molar-refractivity contribution in [2.75, 3.05) is 0 Å². The van der Waals surface area contributed by atoms with Crippen LogP contribution in [0.3, 0.4) is 0 Å². The molecule has 5 heteroatoms. The van der Waals surface area contributed by atoms with Crippen LogP contribution in [0.25, 0.3) is 175 Å². The van der Waals surface area contributed by atoms with Crippen LogP contribution in [0.15, 0.2) is 388 Å². The minimum absolute atomic E-state index is 0. The summed E-state index contributed by atoms with van der Waals surface area (Å²) in [4.78, 5) is 0. The van der Waals surface area contributed by atoms with Crippen LogP contribution in [0.4, 0.5) is 0 Å². The van der Waals surface area contributed by atoms with Crippen LogP contribution in [-0.2, 0) is 49.9 Å². The van der Waals surface area contributed by atoms with Gasteiger partial charge in [-0.1, -0.05) is 403 Å². The van der Waals surface area contributed by atoms with Crippen LogP contribution in [0.1, 0.15) is 51.9 Å². The molecule has 0 amide bonds. The summed E-state index contributed by atoms with van der Waals surface area (Å²) in [5.41, 5.74) is 32.4. The van der Waals surface area contributed by atoms with Crippen LogP contribution < -0.4 is 22.3 Å². The van der Waals surface area contributed by atoms with Gasteiger partial charge in [0.1, 0.15) is 26.2 Å². The zero-order valence-corrected chi connectivity index (χ0v) is 69.4. The zero-order chi connectivity index (χ0) is 77.2. The van der Waals surface area contributed by atoms with Crippen molar-refractivity contribution in [3.8, 4) is 89.0 Å². The molecule has 0 aromatic heterocycles. The monoisotopic (exact) mass is 1710 g/mol. The minimum atomic E-state index is 0. The highest BCUT2D eigenvalue weighted by molar-refractivity contribution is 9.08. The molecule has 0 unspecified atom stereocenters. The van der Waals surface area contributed by atoms with Gasteiger partial charge in [0, 0.05) is 57.1 Å². The van der Waals surface area contributed by atoms with Crippen LogP contribution in [-0.4, -0.2) is 4.48 Å². The first kappa shape index (κ1) is 75.9. The van der Waals surface area contributed by atoms with Gasteiger partial charge < -0.3 is 26.8 Å². The summed E-state index contributed by atoms with van der Waals surface area (Å²) in [5, 5.41) is 26.0. The van der Waals surface area contributed by atoms with Crippen LogP contribution >= 0.6 is 31.9 Å². The Kier molecular flexibility index (Phi) is 20.8. The van der Waals surface area contributed by atoms with Crippen molar-refractivity contribution < 1.29 is 21.5 Å². The number of fused-ring (bicyclic) bond motifs is 23. The SMILES string of the molecule is BrCc1c(-c2ccccc2)cc2ccccc2c1-c1c(CBr)c(-c2ccccc2)cc2ccccc12.C.[Br-].c1ccc(-c2cc3ccccc3c3c2C[N+]2(Cc4ccc5ccccc5c4-c4c(ccc5ccccc45)C2)Cc2c(-c4ccccc4)cc4ccccc4c2-3)cc1.c1ccc2c3c(ccc2c1)CNCc1ccc2ccccc2c1-3. The average molecular weight is 1710 g/mol. The number of alkyl halides is 2. The minimum Gasteiger partial charge on any atom is -1.00 e. The highest BCUT2D eigenvalue weighted by atomic mass is 79.9. The van der Waals surface area contributed by atoms with E-state index in [-0.39, 0.29) is 24.4 Å². The molecule has 1 spiro atoms. The Balaban J connectivity index is 0.000000129. The molecular formula is C113H85Br3N2. The molecule has 20 aromatic rings. The summed E-state index contributed by atoms with van der Waals surface area (Å²) in [6.07, 6.45) is 0. The third-order valence-corrected chi connectivity index (χ3v) is 26.0. The number of halogens is 3. The van der Waals surface area contributed by atoms with Crippen molar-refractivity contribution in [1.29, 1.82) is 0 Å². The van der Waals surface area contributed by atoms with Crippen molar-refractivity contribution in [2.24, 2.45) is 0 Å². The standard InChI is InChI=1S/C56H40N.C34H24Br2.C22H17N.CH4.BrH/c1-3-15-37(16-4-1)49-31-41-21-9-13-25-47(41)55-51(49)35-57(36-52-50(38-17-5-2-6-18-38)32-42-22-10-14-26-48(42)56(52)55)33-43-29-27-39-19-7-11-23-45(39)53(43)54-44(34-57)30-28-40-20-8-12-24-46(40)54;35-21-31-29(23-11-3-1-4-12-23)19-25-15-7-9-17-27(25)33(31)34-28-18-10-8-16-26(28)20-30(32(34)22-36)24-13-5-2-6-14-24;1-3-7-19-15(5-1)9-11-17-13-23-14-18-12-10-16-6-2-4-8-20(16)22(18)21(17)19;;/h1-32H,33-36H2;1-20H,21-22H2;1-12,23H,13-14H2;1H4;1H/q+1;;;;/p-1. The second kappa shape index (κ2) is 32.4. The Morgan fingerprint density at radius 2 is 0.449 bits per heavy atom. The molecule has 0 radical (unpaired) electrons. The van der Waals surface area contributed by atoms with Gasteiger partial charge in [0.15, 0.2) is 0 Å². The van der Waals surface area contributed by atoms with Gasteiger partial charge >= 0.3 is 0 Å². The molecule has 3 aliphatic rings. The zero-order valence-electron chi connectivity index (χ0n) is 64.7. The number of rotatable bonds is 7. The fourth-order valence-electron chi connectivity index (χ4n) is 19.9. The Labute approximate surface area is 718 Å². The van der Waals surface area contributed by atoms with E-state index in [4.69, 9.17) is 0 Å². The maximum absolute atomic E-state index is 3.90. The third-order valence-electron chi connectivity index (χ3n) is 24.9. The van der Waals surface area contributed by atoms with E-state index in [2.05, 4.69) is 425 Å². The van der Waals surface area contributed by atoms with E-state index < -0.39 is 0 Å². The van der Waals surface area contributed by atoms with Crippen LogP contribution in [0.2, 0.25) is 0 Å². The molecule has 0 aliphatic carbocycles. The largest absolute Gasteiger partial charge is 1.00 e. The molecule has 0 saturated carbocycles. The van der Waals surface area contributed by atoms with Crippen molar-refractivity contribution in [2.45, 2.75) is 57.4 Å².